The SMILES string of the molecule is CCCC1CC(=O)NC(n2nc(C)cc2NC(=O)CCS(=O)(=O)c2ccccc2)N1. The van der Waals surface area contributed by atoms with Gasteiger partial charge in [-0.1, -0.05) is 31.5 Å². The molecule has 1 aromatic carbocycles. The van der Waals surface area contributed by atoms with Crippen molar-refractivity contribution >= 4 is 27.5 Å². The van der Waals surface area contributed by atoms with Crippen LogP contribution in [0.1, 0.15) is 44.6 Å². The third kappa shape index (κ3) is 5.45. The number of nitrogens with one attached hydrogen (secondary N) is 3. The minimum absolute atomic E-state index is 0.0258. The quantitative estimate of drug-likeness (QED) is 0.583. The van der Waals surface area contributed by atoms with E-state index in [1.165, 1.54) is 16.8 Å². The molecule has 30 heavy (non-hydrogen) atoms. The summed E-state index contributed by atoms with van der Waals surface area (Å²) in [6, 6.07) is 9.75. The minimum Gasteiger partial charge on any atom is -0.322 e. The predicted molar refractivity (Wildman–Crippen MR) is 112 cm³/mol. The highest BCUT2D eigenvalue weighted by atomic mass is 32.2. The molecule has 1 aliphatic rings. The summed E-state index contributed by atoms with van der Waals surface area (Å²) >= 11 is 0. The van der Waals surface area contributed by atoms with Crippen LogP contribution >= 0.6 is 0 Å². The van der Waals surface area contributed by atoms with Gasteiger partial charge in [0.2, 0.25) is 11.8 Å². The van der Waals surface area contributed by atoms with Crippen molar-refractivity contribution in [1.29, 1.82) is 0 Å². The maximum atomic E-state index is 12.4. The van der Waals surface area contributed by atoms with Gasteiger partial charge in [-0.05, 0) is 25.5 Å². The first kappa shape index (κ1) is 22.0. The van der Waals surface area contributed by atoms with E-state index in [-0.39, 0.29) is 29.0 Å². The molecule has 0 radical (unpaired) electrons. The molecule has 1 aromatic heterocycles. The Morgan fingerprint density at radius 3 is 2.73 bits per heavy atom. The Morgan fingerprint density at radius 1 is 1.30 bits per heavy atom. The van der Waals surface area contributed by atoms with E-state index in [1.807, 2.05) is 0 Å². The predicted octanol–water partition coefficient (Wildman–Crippen LogP) is 1.73. The lowest BCUT2D eigenvalue weighted by molar-refractivity contribution is -0.125. The van der Waals surface area contributed by atoms with Crippen molar-refractivity contribution in [3.05, 3.63) is 42.1 Å². The van der Waals surface area contributed by atoms with E-state index >= 15 is 0 Å². The summed E-state index contributed by atoms with van der Waals surface area (Å²) in [5.74, 6) is -0.434. The Morgan fingerprint density at radius 2 is 2.03 bits per heavy atom. The van der Waals surface area contributed by atoms with Gasteiger partial charge in [-0.2, -0.15) is 5.10 Å². The summed E-state index contributed by atoms with van der Waals surface area (Å²) in [7, 11) is -3.55. The molecule has 2 aromatic rings. The normalized spacial score (nSPS) is 19.3. The van der Waals surface area contributed by atoms with Crippen LogP contribution in [0.4, 0.5) is 5.82 Å². The first-order valence-electron chi connectivity index (χ1n) is 9.97. The molecule has 1 saturated heterocycles. The van der Waals surface area contributed by atoms with Crippen LogP contribution < -0.4 is 16.0 Å². The summed E-state index contributed by atoms with van der Waals surface area (Å²) in [4.78, 5) is 24.7. The van der Waals surface area contributed by atoms with Crippen molar-refractivity contribution in [2.75, 3.05) is 11.1 Å². The van der Waals surface area contributed by atoms with E-state index in [4.69, 9.17) is 0 Å². The highest BCUT2D eigenvalue weighted by Gasteiger charge is 2.28. The van der Waals surface area contributed by atoms with Gasteiger partial charge in [-0.25, -0.2) is 13.1 Å². The Kier molecular flexibility index (Phi) is 6.88. The van der Waals surface area contributed by atoms with Gasteiger partial charge < -0.3 is 10.6 Å². The molecule has 2 atom stereocenters. The topological polar surface area (TPSA) is 122 Å². The second-order valence-corrected chi connectivity index (χ2v) is 9.48. The van der Waals surface area contributed by atoms with Crippen LogP contribution in [0.2, 0.25) is 0 Å². The lowest BCUT2D eigenvalue weighted by atomic mass is 10.1. The molecule has 0 aliphatic carbocycles. The molecule has 1 fully saturated rings. The van der Waals surface area contributed by atoms with Crippen LogP contribution in [-0.2, 0) is 19.4 Å². The number of hydrogen-bond acceptors (Lipinski definition) is 6. The number of hydrogen-bond donors (Lipinski definition) is 3. The number of aromatic nitrogens is 2. The van der Waals surface area contributed by atoms with E-state index < -0.39 is 22.0 Å². The highest BCUT2D eigenvalue weighted by molar-refractivity contribution is 7.91. The molecule has 2 amide bonds. The molecule has 3 N–H and O–H groups in total. The zero-order valence-electron chi connectivity index (χ0n) is 17.1. The van der Waals surface area contributed by atoms with Gasteiger partial charge in [-0.3, -0.25) is 14.9 Å². The lowest BCUT2D eigenvalue weighted by Crippen LogP contribution is -2.53. The number of aryl methyl sites for hydroxylation is 1. The van der Waals surface area contributed by atoms with Crippen molar-refractivity contribution in [2.24, 2.45) is 0 Å². The first-order chi connectivity index (χ1) is 14.3. The summed E-state index contributed by atoms with van der Waals surface area (Å²) < 4.78 is 26.3. The van der Waals surface area contributed by atoms with E-state index in [9.17, 15) is 18.0 Å². The van der Waals surface area contributed by atoms with Crippen LogP contribution in [0.5, 0.6) is 0 Å². The fourth-order valence-electron chi connectivity index (χ4n) is 3.41. The Bertz CT molecular complexity index is 1000. The monoisotopic (exact) mass is 433 g/mol. The standard InChI is InChI=1S/C20H27N5O4S/c1-3-7-15-13-19(27)23-20(21-15)25-17(12-14(2)24-25)22-18(26)10-11-30(28,29)16-8-5-4-6-9-16/h4-6,8-9,12,15,20-21H,3,7,10-11,13H2,1-2H3,(H,22,26)(H,23,27). The van der Waals surface area contributed by atoms with Crippen LogP contribution in [0.25, 0.3) is 0 Å². The summed E-state index contributed by atoms with van der Waals surface area (Å²) in [6.07, 6.45) is 1.41. The maximum Gasteiger partial charge on any atom is 0.226 e. The number of nitrogens with zero attached hydrogens (tertiary/aromatic N) is 2. The smallest absolute Gasteiger partial charge is 0.226 e. The minimum atomic E-state index is -3.55. The van der Waals surface area contributed by atoms with Gasteiger partial charge in [0.15, 0.2) is 16.1 Å². The highest BCUT2D eigenvalue weighted by Crippen LogP contribution is 2.19. The van der Waals surface area contributed by atoms with Crippen molar-refractivity contribution in [3.8, 4) is 0 Å². The second-order valence-electron chi connectivity index (χ2n) is 7.37. The molecule has 0 saturated carbocycles. The molecule has 162 valence electrons. The van der Waals surface area contributed by atoms with E-state index in [2.05, 4.69) is 28.0 Å². The van der Waals surface area contributed by atoms with E-state index in [1.54, 1.807) is 31.2 Å². The van der Waals surface area contributed by atoms with E-state index in [0.717, 1.165) is 12.8 Å². The van der Waals surface area contributed by atoms with Crippen molar-refractivity contribution in [1.82, 2.24) is 20.4 Å². The van der Waals surface area contributed by atoms with Crippen LogP contribution in [0.15, 0.2) is 41.3 Å². The molecule has 0 bridgehead atoms. The summed E-state index contributed by atoms with van der Waals surface area (Å²) in [5, 5.41) is 13.3. The van der Waals surface area contributed by atoms with Gasteiger partial charge in [0.05, 0.1) is 16.3 Å². The van der Waals surface area contributed by atoms with Gasteiger partial charge in [0, 0.05) is 24.9 Å². The average Bonchev–Trinajstić information content (AvgIpc) is 3.07. The average molecular weight is 434 g/mol. The Hall–Kier alpha value is -2.72. The molecule has 3 rings (SSSR count). The van der Waals surface area contributed by atoms with Crippen LogP contribution in [0, 0.1) is 6.92 Å². The van der Waals surface area contributed by atoms with Gasteiger partial charge in [-0.15, -0.1) is 0 Å². The molecule has 2 unspecified atom stereocenters. The van der Waals surface area contributed by atoms with Crippen molar-refractivity contribution < 1.29 is 18.0 Å². The molecule has 0 spiro atoms. The van der Waals surface area contributed by atoms with Crippen LogP contribution in [0.3, 0.4) is 0 Å². The molecule has 9 nitrogen and oxygen atoms in total. The Labute approximate surface area is 176 Å². The zero-order chi connectivity index (χ0) is 21.7. The fraction of sp³-hybridized carbons (Fsp3) is 0.450. The Balaban J connectivity index is 1.67. The largest absolute Gasteiger partial charge is 0.322 e. The first-order valence-corrected chi connectivity index (χ1v) is 11.6. The number of sulfone groups is 1. The zero-order valence-corrected chi connectivity index (χ0v) is 17.9. The third-order valence-corrected chi connectivity index (χ3v) is 6.56. The molecule has 10 heteroatoms. The van der Waals surface area contributed by atoms with Crippen molar-refractivity contribution in [3.63, 3.8) is 0 Å². The summed E-state index contributed by atoms with van der Waals surface area (Å²) in [6.45, 7) is 3.83. The number of benzene rings is 1. The summed E-state index contributed by atoms with van der Waals surface area (Å²) in [5.41, 5.74) is 0.663. The lowest BCUT2D eigenvalue weighted by Gasteiger charge is -2.32. The number of anilines is 1. The number of carbonyl (C=O) groups excluding carboxylic acids is 2. The third-order valence-electron chi connectivity index (χ3n) is 4.83. The van der Waals surface area contributed by atoms with E-state index in [0.29, 0.717) is 17.9 Å². The van der Waals surface area contributed by atoms with Crippen LogP contribution in [-0.4, -0.2) is 41.8 Å². The van der Waals surface area contributed by atoms with Gasteiger partial charge in [0.1, 0.15) is 5.82 Å². The van der Waals surface area contributed by atoms with Gasteiger partial charge in [0.25, 0.3) is 0 Å². The second kappa shape index (κ2) is 9.40. The fourth-order valence-corrected chi connectivity index (χ4v) is 4.67. The molecule has 1 aliphatic heterocycles. The maximum absolute atomic E-state index is 12.4. The van der Waals surface area contributed by atoms with Crippen molar-refractivity contribution in [2.45, 2.75) is 56.8 Å². The molecule has 2 heterocycles. The number of carbonyl (C=O) groups is 2. The molecular formula is C20H27N5O4S. The number of amides is 2. The number of rotatable bonds is 8. The van der Waals surface area contributed by atoms with Gasteiger partial charge >= 0.3 is 0 Å². The molecular weight excluding hydrogens is 406 g/mol.